The van der Waals surface area contributed by atoms with E-state index in [-0.39, 0.29) is 5.56 Å². The van der Waals surface area contributed by atoms with Crippen LogP contribution in [0, 0.1) is 11.7 Å². The Kier molecular flexibility index (Phi) is 5.03. The number of nitrogens with one attached hydrogen (secondary N) is 2. The average molecular weight is 365 g/mol. The number of anilines is 1. The van der Waals surface area contributed by atoms with E-state index < -0.39 is 11.7 Å². The highest BCUT2D eigenvalue weighted by molar-refractivity contribution is 6.04. The van der Waals surface area contributed by atoms with Crippen molar-refractivity contribution in [3.8, 4) is 0 Å². The van der Waals surface area contributed by atoms with E-state index in [1.165, 1.54) is 48.2 Å². The van der Waals surface area contributed by atoms with Crippen LogP contribution in [0.5, 0.6) is 0 Å². The van der Waals surface area contributed by atoms with Crippen LogP contribution in [0.25, 0.3) is 5.57 Å². The quantitative estimate of drug-likeness (QED) is 0.825. The molecule has 0 spiro atoms. The van der Waals surface area contributed by atoms with Gasteiger partial charge in [0, 0.05) is 17.9 Å². The molecule has 4 rings (SSSR count). The number of amides is 1. The van der Waals surface area contributed by atoms with Crippen molar-refractivity contribution in [3.63, 3.8) is 0 Å². The number of halogens is 1. The number of pyridine rings is 1. The number of carbonyl (C=O) groups excluding carboxylic acids is 1. The molecular weight excluding hydrogens is 341 g/mol. The average Bonchev–Trinajstić information content (AvgIpc) is 3.47. The SMILES string of the molecule is CC1=C(c2ccc(NC(=O)c3ccncc3F)cc2)C(CC2CC2)NCC1. The fourth-order valence-corrected chi connectivity index (χ4v) is 3.79. The first-order valence-electron chi connectivity index (χ1n) is 9.56. The van der Waals surface area contributed by atoms with Crippen LogP contribution in [0.1, 0.15) is 48.5 Å². The fourth-order valence-electron chi connectivity index (χ4n) is 3.79. The van der Waals surface area contributed by atoms with E-state index in [1.807, 2.05) is 24.3 Å². The van der Waals surface area contributed by atoms with E-state index in [2.05, 4.69) is 22.5 Å². The van der Waals surface area contributed by atoms with Gasteiger partial charge >= 0.3 is 0 Å². The van der Waals surface area contributed by atoms with Crippen LogP contribution >= 0.6 is 0 Å². The highest BCUT2D eigenvalue weighted by atomic mass is 19.1. The summed E-state index contributed by atoms with van der Waals surface area (Å²) < 4.78 is 13.7. The molecule has 2 N–H and O–H groups in total. The van der Waals surface area contributed by atoms with Crippen molar-refractivity contribution in [1.82, 2.24) is 10.3 Å². The molecule has 0 saturated heterocycles. The van der Waals surface area contributed by atoms with Gasteiger partial charge in [0.05, 0.1) is 11.8 Å². The summed E-state index contributed by atoms with van der Waals surface area (Å²) in [6, 6.07) is 9.65. The van der Waals surface area contributed by atoms with Gasteiger partial charge in [0.1, 0.15) is 0 Å². The van der Waals surface area contributed by atoms with Crippen LogP contribution in [0.3, 0.4) is 0 Å². The number of rotatable bonds is 5. The first kappa shape index (κ1) is 17.9. The van der Waals surface area contributed by atoms with E-state index in [4.69, 9.17) is 0 Å². The molecule has 1 aliphatic heterocycles. The third-order valence-electron chi connectivity index (χ3n) is 5.44. The maximum atomic E-state index is 13.7. The Morgan fingerprint density at radius 2 is 2.04 bits per heavy atom. The first-order chi connectivity index (χ1) is 13.1. The van der Waals surface area contributed by atoms with Crippen molar-refractivity contribution in [1.29, 1.82) is 0 Å². The maximum absolute atomic E-state index is 13.7. The molecule has 0 radical (unpaired) electrons. The van der Waals surface area contributed by atoms with Gasteiger partial charge in [-0.1, -0.05) is 30.5 Å². The smallest absolute Gasteiger partial charge is 0.258 e. The number of benzene rings is 1. The van der Waals surface area contributed by atoms with Gasteiger partial charge < -0.3 is 10.6 Å². The second kappa shape index (κ2) is 7.61. The van der Waals surface area contributed by atoms with E-state index in [9.17, 15) is 9.18 Å². The zero-order valence-electron chi connectivity index (χ0n) is 15.5. The predicted molar refractivity (Wildman–Crippen MR) is 105 cm³/mol. The van der Waals surface area contributed by atoms with Crippen molar-refractivity contribution in [2.24, 2.45) is 5.92 Å². The lowest BCUT2D eigenvalue weighted by atomic mass is 9.87. The minimum Gasteiger partial charge on any atom is -0.322 e. The van der Waals surface area contributed by atoms with Gasteiger partial charge in [-0.3, -0.25) is 9.78 Å². The lowest BCUT2D eigenvalue weighted by molar-refractivity contribution is 0.102. The summed E-state index contributed by atoms with van der Waals surface area (Å²) in [5.41, 5.74) is 4.68. The molecule has 2 heterocycles. The first-order valence-corrected chi connectivity index (χ1v) is 9.56. The molecule has 2 aliphatic rings. The van der Waals surface area contributed by atoms with Crippen molar-refractivity contribution in [2.45, 2.75) is 38.6 Å². The predicted octanol–water partition coefficient (Wildman–Crippen LogP) is 4.41. The monoisotopic (exact) mass is 365 g/mol. The highest BCUT2D eigenvalue weighted by Gasteiger charge is 2.30. The number of hydrogen-bond acceptors (Lipinski definition) is 3. The molecular formula is C22H24FN3O. The topological polar surface area (TPSA) is 54.0 Å². The van der Waals surface area contributed by atoms with Crippen LogP contribution in [0.15, 0.2) is 48.3 Å². The van der Waals surface area contributed by atoms with E-state index in [0.717, 1.165) is 25.1 Å². The molecule has 1 fully saturated rings. The molecule has 1 aromatic carbocycles. The number of aromatic nitrogens is 1. The summed E-state index contributed by atoms with van der Waals surface area (Å²) in [5, 5.41) is 6.42. The lowest BCUT2D eigenvalue weighted by Gasteiger charge is -2.29. The molecule has 0 bridgehead atoms. The van der Waals surface area contributed by atoms with E-state index in [0.29, 0.717) is 11.7 Å². The summed E-state index contributed by atoms with van der Waals surface area (Å²) in [5.74, 6) is -0.232. The van der Waals surface area contributed by atoms with Gasteiger partial charge in [-0.2, -0.15) is 0 Å². The normalized spacial score (nSPS) is 19.9. The Balaban J connectivity index is 1.51. The third-order valence-corrected chi connectivity index (χ3v) is 5.44. The zero-order valence-corrected chi connectivity index (χ0v) is 15.5. The molecule has 5 heteroatoms. The lowest BCUT2D eigenvalue weighted by Crippen LogP contribution is -2.36. The van der Waals surface area contributed by atoms with Gasteiger partial charge in [0.2, 0.25) is 0 Å². The number of nitrogens with zero attached hydrogens (tertiary/aromatic N) is 1. The Morgan fingerprint density at radius 3 is 2.74 bits per heavy atom. The van der Waals surface area contributed by atoms with Gasteiger partial charge in [-0.15, -0.1) is 0 Å². The number of hydrogen-bond donors (Lipinski definition) is 2. The molecule has 1 aromatic heterocycles. The van der Waals surface area contributed by atoms with Crippen molar-refractivity contribution >= 4 is 17.2 Å². The third kappa shape index (κ3) is 4.08. The Labute approximate surface area is 158 Å². The van der Waals surface area contributed by atoms with Crippen molar-refractivity contribution < 1.29 is 9.18 Å². The van der Waals surface area contributed by atoms with Gasteiger partial charge in [-0.05, 0) is 61.6 Å². The summed E-state index contributed by atoms with van der Waals surface area (Å²) >= 11 is 0. The maximum Gasteiger partial charge on any atom is 0.258 e. The minimum absolute atomic E-state index is 0.00592. The fraction of sp³-hybridized carbons (Fsp3) is 0.364. The largest absolute Gasteiger partial charge is 0.322 e. The molecule has 1 aliphatic carbocycles. The van der Waals surface area contributed by atoms with Crippen LogP contribution in [-0.2, 0) is 0 Å². The summed E-state index contributed by atoms with van der Waals surface area (Å²) in [4.78, 5) is 15.9. The second-order valence-electron chi connectivity index (χ2n) is 7.52. The van der Waals surface area contributed by atoms with Gasteiger partial charge in [-0.25, -0.2) is 4.39 Å². The molecule has 1 amide bonds. The summed E-state index contributed by atoms with van der Waals surface area (Å²) in [7, 11) is 0. The summed E-state index contributed by atoms with van der Waals surface area (Å²) in [6.45, 7) is 3.26. The zero-order chi connectivity index (χ0) is 18.8. The minimum atomic E-state index is -0.622. The summed E-state index contributed by atoms with van der Waals surface area (Å²) in [6.07, 6.45) is 7.42. The van der Waals surface area contributed by atoms with Crippen molar-refractivity contribution in [2.75, 3.05) is 11.9 Å². The van der Waals surface area contributed by atoms with E-state index >= 15 is 0 Å². The Morgan fingerprint density at radius 1 is 1.26 bits per heavy atom. The molecule has 2 aromatic rings. The Hall–Kier alpha value is -2.53. The molecule has 27 heavy (non-hydrogen) atoms. The molecule has 4 nitrogen and oxygen atoms in total. The molecule has 1 unspecified atom stereocenters. The molecule has 1 saturated carbocycles. The van der Waals surface area contributed by atoms with Gasteiger partial charge in [0.15, 0.2) is 5.82 Å². The molecule has 140 valence electrons. The van der Waals surface area contributed by atoms with Crippen LogP contribution in [0.4, 0.5) is 10.1 Å². The van der Waals surface area contributed by atoms with Crippen LogP contribution in [-0.4, -0.2) is 23.5 Å². The van der Waals surface area contributed by atoms with Crippen LogP contribution < -0.4 is 10.6 Å². The van der Waals surface area contributed by atoms with E-state index in [1.54, 1.807) is 0 Å². The highest BCUT2D eigenvalue weighted by Crippen LogP contribution is 2.39. The Bertz CT molecular complexity index is 871. The second-order valence-corrected chi connectivity index (χ2v) is 7.52. The van der Waals surface area contributed by atoms with Crippen LogP contribution in [0.2, 0.25) is 0 Å². The van der Waals surface area contributed by atoms with Crippen molar-refractivity contribution in [3.05, 3.63) is 65.2 Å². The number of carbonyl (C=O) groups is 1. The van der Waals surface area contributed by atoms with Gasteiger partial charge in [0.25, 0.3) is 5.91 Å². The molecule has 1 atom stereocenters. The standard InChI is InChI=1S/C22H24FN3O/c1-14-8-11-25-20(12-15-2-3-15)21(14)16-4-6-17(7-5-16)26-22(27)18-9-10-24-13-19(18)23/h4-7,9-10,13,15,20,25H,2-3,8,11-12H2,1H3,(H,26,27).